The summed E-state index contributed by atoms with van der Waals surface area (Å²) in [6, 6.07) is 0. The zero-order chi connectivity index (χ0) is 40.7. The molecular weight excluding hydrogens is 683 g/mol. The van der Waals surface area contributed by atoms with E-state index in [-0.39, 0.29) is 18.5 Å². The Hall–Kier alpha value is -1.14. The Balaban J connectivity index is 0. The molecule has 55 heavy (non-hydrogen) atoms. The predicted molar refractivity (Wildman–Crippen MR) is 239 cm³/mol. The fourth-order valence-corrected chi connectivity index (χ4v) is 7.49. The van der Waals surface area contributed by atoms with Gasteiger partial charge in [0.25, 0.3) is 6.47 Å². The van der Waals surface area contributed by atoms with E-state index in [0.717, 1.165) is 109 Å². The number of hydrogen-bond donors (Lipinski definition) is 1. The molecule has 0 aliphatic carbocycles. The first kappa shape index (κ1) is 56.0. The molecule has 0 aromatic rings. The monoisotopic (exact) mass is 782 g/mol. The van der Waals surface area contributed by atoms with Crippen molar-refractivity contribution in [2.45, 2.75) is 253 Å². The van der Waals surface area contributed by atoms with Gasteiger partial charge < -0.3 is 19.5 Å². The number of rotatable bonds is 44. The number of hydrogen-bond acceptors (Lipinski definition) is 6. The van der Waals surface area contributed by atoms with E-state index in [4.69, 9.17) is 14.6 Å². The van der Waals surface area contributed by atoms with Crippen LogP contribution in [0.2, 0.25) is 0 Å². The third-order valence-corrected chi connectivity index (χ3v) is 11.3. The highest BCUT2D eigenvalue weighted by Gasteiger charge is 2.19. The van der Waals surface area contributed by atoms with Crippen molar-refractivity contribution in [3.05, 3.63) is 0 Å². The highest BCUT2D eigenvalue weighted by Crippen LogP contribution is 2.21. The fraction of sp³-hybridized carbons (Fsp3) is 0.959. The molecule has 0 aliphatic rings. The van der Waals surface area contributed by atoms with Crippen LogP contribution in [-0.2, 0) is 19.1 Å². The molecule has 0 bridgehead atoms. The normalized spacial score (nSPS) is 12.3. The van der Waals surface area contributed by atoms with E-state index in [0.29, 0.717) is 19.7 Å². The second kappa shape index (κ2) is 49.0. The van der Waals surface area contributed by atoms with Crippen LogP contribution < -0.4 is 0 Å². The number of aliphatic hydroxyl groups is 1. The van der Waals surface area contributed by atoms with Crippen LogP contribution in [0.1, 0.15) is 253 Å². The smallest absolute Gasteiger partial charge is 0.308 e. The molecule has 0 aliphatic heterocycles. The largest absolute Gasteiger partial charge is 0.468 e. The van der Waals surface area contributed by atoms with Gasteiger partial charge >= 0.3 is 5.97 Å². The van der Waals surface area contributed by atoms with Gasteiger partial charge in [-0.05, 0) is 76.9 Å². The van der Waals surface area contributed by atoms with Crippen molar-refractivity contribution in [1.82, 2.24) is 4.90 Å². The lowest BCUT2D eigenvalue weighted by Gasteiger charge is -2.22. The minimum absolute atomic E-state index is 0.0489. The Morgan fingerprint density at radius 2 is 0.855 bits per heavy atom. The summed E-state index contributed by atoms with van der Waals surface area (Å²) in [7, 11) is 0. The third-order valence-electron chi connectivity index (χ3n) is 11.3. The van der Waals surface area contributed by atoms with Crippen molar-refractivity contribution in [3.8, 4) is 0 Å². The number of esters is 1. The molecule has 0 saturated heterocycles. The van der Waals surface area contributed by atoms with E-state index in [2.05, 4.69) is 39.5 Å². The van der Waals surface area contributed by atoms with Crippen molar-refractivity contribution in [3.63, 3.8) is 0 Å². The summed E-state index contributed by atoms with van der Waals surface area (Å²) >= 11 is 0. The molecule has 2 unspecified atom stereocenters. The molecule has 0 rings (SSSR count). The standard InChI is InChI=1S/C33H65NO5.C16H34/c1-3-5-7-9-10-16-24-32(23-15-8-6-4-2)33(37)39-30-22-14-12-18-26-34(27-19-20-28-35)25-17-11-13-21-29-38-31-36;1-4-6-8-10-11-13-15-16(3)14-12-9-7-5-2/h31-32,35H,3-30H2,1-2H3;16H,4-15H2,1-3H3. The van der Waals surface area contributed by atoms with Gasteiger partial charge in [0.15, 0.2) is 0 Å². The summed E-state index contributed by atoms with van der Waals surface area (Å²) in [5.74, 6) is 1.12. The van der Waals surface area contributed by atoms with Crippen molar-refractivity contribution in [2.24, 2.45) is 11.8 Å². The first-order valence-electron chi connectivity index (χ1n) is 24.5. The summed E-state index contributed by atoms with van der Waals surface area (Å²) < 4.78 is 10.5. The van der Waals surface area contributed by atoms with Crippen LogP contribution in [0.3, 0.4) is 0 Å². The molecule has 1 N–H and O–H groups in total. The zero-order valence-electron chi connectivity index (χ0n) is 38.0. The Morgan fingerprint density at radius 3 is 1.31 bits per heavy atom. The maximum Gasteiger partial charge on any atom is 0.308 e. The molecule has 0 radical (unpaired) electrons. The van der Waals surface area contributed by atoms with Crippen LogP contribution in [0, 0.1) is 11.8 Å². The van der Waals surface area contributed by atoms with E-state index < -0.39 is 0 Å². The lowest BCUT2D eigenvalue weighted by atomic mass is 9.94. The van der Waals surface area contributed by atoms with Gasteiger partial charge in [0.2, 0.25) is 0 Å². The lowest BCUT2D eigenvalue weighted by Crippen LogP contribution is -2.27. The molecule has 0 aromatic carbocycles. The molecular formula is C49H99NO5. The van der Waals surface area contributed by atoms with E-state index in [1.54, 1.807) is 0 Å². The number of nitrogens with zero attached hydrogens (tertiary/aromatic N) is 1. The molecule has 6 nitrogen and oxygen atoms in total. The molecule has 0 spiro atoms. The minimum atomic E-state index is 0.0489. The number of aliphatic hydroxyl groups excluding tert-OH is 1. The maximum atomic E-state index is 12.8. The van der Waals surface area contributed by atoms with Gasteiger partial charge in [-0.3, -0.25) is 9.59 Å². The van der Waals surface area contributed by atoms with Crippen molar-refractivity contribution in [1.29, 1.82) is 0 Å². The fourth-order valence-electron chi connectivity index (χ4n) is 7.49. The van der Waals surface area contributed by atoms with Crippen LogP contribution in [-0.4, -0.2) is 61.9 Å². The van der Waals surface area contributed by atoms with E-state index >= 15 is 0 Å². The molecule has 0 amide bonds. The van der Waals surface area contributed by atoms with Crippen LogP contribution in [0.5, 0.6) is 0 Å². The summed E-state index contributed by atoms with van der Waals surface area (Å²) in [6.45, 7) is 16.6. The van der Waals surface area contributed by atoms with Crippen LogP contribution in [0.4, 0.5) is 0 Å². The number of unbranched alkanes of at least 4 members (excludes halogenated alkanes) is 23. The van der Waals surface area contributed by atoms with Gasteiger partial charge in [0.1, 0.15) is 0 Å². The first-order chi connectivity index (χ1) is 27.0. The number of ether oxygens (including phenoxy) is 2. The molecule has 0 fully saturated rings. The van der Waals surface area contributed by atoms with Crippen molar-refractivity contribution in [2.75, 3.05) is 39.5 Å². The Bertz CT molecular complexity index is 734. The van der Waals surface area contributed by atoms with Gasteiger partial charge in [-0.1, -0.05) is 202 Å². The zero-order valence-corrected chi connectivity index (χ0v) is 38.0. The molecule has 6 heteroatoms. The SMILES string of the molecule is CCCCCCCCC(C)CCCCCC.CCCCCCCCC(CCCCCC)C(=O)OCCCCCCN(CCCCO)CCCCCCOC=O. The lowest BCUT2D eigenvalue weighted by molar-refractivity contribution is -0.149. The molecule has 0 saturated carbocycles. The Morgan fingerprint density at radius 1 is 0.491 bits per heavy atom. The highest BCUT2D eigenvalue weighted by molar-refractivity contribution is 5.72. The number of carbonyl (C=O) groups is 2. The van der Waals surface area contributed by atoms with Crippen LogP contribution in [0.15, 0.2) is 0 Å². The second-order valence-electron chi connectivity index (χ2n) is 16.8. The van der Waals surface area contributed by atoms with Crippen LogP contribution in [0.25, 0.3) is 0 Å². The molecule has 0 aromatic heterocycles. The number of carbonyl (C=O) groups excluding carboxylic acids is 2. The van der Waals surface area contributed by atoms with E-state index in [9.17, 15) is 9.59 Å². The predicted octanol–water partition coefficient (Wildman–Crippen LogP) is 14.6. The van der Waals surface area contributed by atoms with Gasteiger partial charge in [-0.2, -0.15) is 0 Å². The quantitative estimate of drug-likeness (QED) is 0.0377. The average Bonchev–Trinajstić information content (AvgIpc) is 3.19. The summed E-state index contributed by atoms with van der Waals surface area (Å²) in [6.07, 6.45) is 42.4. The Kier molecular flexibility index (Phi) is 49.9. The molecule has 2 atom stereocenters. The highest BCUT2D eigenvalue weighted by atomic mass is 16.5. The topological polar surface area (TPSA) is 76.1 Å². The first-order valence-corrected chi connectivity index (χ1v) is 24.5. The summed E-state index contributed by atoms with van der Waals surface area (Å²) in [4.78, 5) is 25.5. The van der Waals surface area contributed by atoms with Crippen molar-refractivity contribution < 1.29 is 24.2 Å². The van der Waals surface area contributed by atoms with Gasteiger partial charge in [-0.25, -0.2) is 0 Å². The molecule has 0 heterocycles. The van der Waals surface area contributed by atoms with Crippen LogP contribution >= 0.6 is 0 Å². The van der Waals surface area contributed by atoms with E-state index in [1.165, 1.54) is 135 Å². The Labute approximate surface area is 344 Å². The van der Waals surface area contributed by atoms with E-state index in [1.807, 2.05) is 0 Å². The molecule has 330 valence electrons. The van der Waals surface area contributed by atoms with Gasteiger partial charge in [-0.15, -0.1) is 0 Å². The van der Waals surface area contributed by atoms with Gasteiger partial charge in [0, 0.05) is 6.61 Å². The maximum absolute atomic E-state index is 12.8. The minimum Gasteiger partial charge on any atom is -0.468 e. The third kappa shape index (κ3) is 45.4. The average molecular weight is 782 g/mol. The summed E-state index contributed by atoms with van der Waals surface area (Å²) in [5, 5.41) is 9.12. The van der Waals surface area contributed by atoms with Gasteiger partial charge in [0.05, 0.1) is 19.1 Å². The second-order valence-corrected chi connectivity index (χ2v) is 16.8. The van der Waals surface area contributed by atoms with Crippen molar-refractivity contribution >= 4 is 12.4 Å². The summed E-state index contributed by atoms with van der Waals surface area (Å²) in [5.41, 5.74) is 0.